The number of para-hydroxylation sites is 1. The number of fused-ring (bicyclic) bond motifs is 1. The van der Waals surface area contributed by atoms with E-state index < -0.39 is 83.6 Å². The zero-order chi connectivity index (χ0) is 56.6. The first-order valence-electron chi connectivity index (χ1n) is 24.5. The lowest BCUT2D eigenvalue weighted by molar-refractivity contribution is -0.135. The summed E-state index contributed by atoms with van der Waals surface area (Å²) in [5, 5.41) is 36.3. The number of nitrogens with zero attached hydrogens (tertiary/aromatic N) is 3. The molecule has 0 saturated heterocycles. The van der Waals surface area contributed by atoms with E-state index in [1.54, 1.807) is 12.3 Å². The van der Waals surface area contributed by atoms with Crippen LogP contribution in [0, 0.1) is 0 Å². The molecule has 0 fully saturated rings. The summed E-state index contributed by atoms with van der Waals surface area (Å²) < 4.78 is 0. The van der Waals surface area contributed by atoms with E-state index in [0.717, 1.165) is 10.9 Å². The smallest absolute Gasteiger partial charge is 0.335 e. The van der Waals surface area contributed by atoms with Gasteiger partial charge in [0.15, 0.2) is 17.9 Å². The largest absolute Gasteiger partial charge is 0.508 e. The minimum atomic E-state index is -1.51. The molecular formula is C50H69N17O10. The number of benzene rings is 3. The highest BCUT2D eigenvalue weighted by molar-refractivity contribution is 5.98. The third-order valence-electron chi connectivity index (χ3n) is 11.8. The van der Waals surface area contributed by atoms with Crippen molar-refractivity contribution in [1.29, 1.82) is 0 Å². The Morgan fingerprint density at radius 1 is 0.506 bits per heavy atom. The van der Waals surface area contributed by atoms with Gasteiger partial charge in [0.25, 0.3) is 0 Å². The summed E-state index contributed by atoms with van der Waals surface area (Å²) in [4.78, 5) is 124. The molecule has 0 aliphatic rings. The number of aromatic carboxylic acids is 1. The third-order valence-corrected chi connectivity index (χ3v) is 11.8. The van der Waals surface area contributed by atoms with Crippen LogP contribution in [0.25, 0.3) is 10.9 Å². The normalized spacial score (nSPS) is 13.2. The number of primary amides is 1. The Labute approximate surface area is 443 Å². The highest BCUT2D eigenvalue weighted by Crippen LogP contribution is 2.20. The molecule has 414 valence electrons. The predicted molar refractivity (Wildman–Crippen MR) is 287 cm³/mol. The standard InChI is InChI=1S/C50H69N17O10/c1-27(68)62-36(10-5-21-59-49(54)55)42(71)65-39(23-28-12-16-30(17-13-28)47(76)77)45(74)66-38(24-29-14-18-32(69)19-15-29)44(73)64-37(11-6-22-60-50(56)57)43(72)67-40(25-31-26-61-34-8-3-2-7-33(31)34)46(75)63-35(41(51)70)9-4-20-58-48(52)53/h2-3,7-8,12-19,26,35-40,61,69H,4-6,9-11,20-25H2,1H3,(H2,51,70)(H,62,68)(H,63,75)(H,64,73)(H,65,71)(H,66,74)(H,67,72)(H,76,77)(H4,52,53,58)(H4,54,55,59)(H4,56,57,60)/t35-,36-,37-,38-,39-,40-/m0/s1. The molecule has 0 bridgehead atoms. The molecule has 0 saturated carbocycles. The number of aromatic nitrogens is 1. The monoisotopic (exact) mass is 1070 g/mol. The second kappa shape index (κ2) is 30.1. The van der Waals surface area contributed by atoms with Crippen molar-refractivity contribution in [2.45, 2.75) is 101 Å². The summed E-state index contributed by atoms with van der Waals surface area (Å²) in [7, 11) is 0. The van der Waals surface area contributed by atoms with Gasteiger partial charge in [0.1, 0.15) is 42.0 Å². The predicted octanol–water partition coefficient (Wildman–Crippen LogP) is -2.83. The number of phenols is 1. The lowest BCUT2D eigenvalue weighted by atomic mass is 10.00. The Kier molecular flexibility index (Phi) is 23.5. The van der Waals surface area contributed by atoms with Crippen molar-refractivity contribution in [3.8, 4) is 5.75 Å². The van der Waals surface area contributed by atoms with Gasteiger partial charge < -0.3 is 87.2 Å². The van der Waals surface area contributed by atoms with Gasteiger partial charge in [0, 0.05) is 62.9 Å². The molecular weight excluding hydrogens is 999 g/mol. The van der Waals surface area contributed by atoms with Crippen LogP contribution in [0.1, 0.15) is 72.5 Å². The van der Waals surface area contributed by atoms with Gasteiger partial charge in [-0.1, -0.05) is 42.5 Å². The Hall–Kier alpha value is -9.43. The number of carbonyl (C=O) groups is 8. The molecule has 23 N–H and O–H groups in total. The zero-order valence-electron chi connectivity index (χ0n) is 42.5. The minimum absolute atomic E-state index is 0.0116. The third kappa shape index (κ3) is 20.8. The van der Waals surface area contributed by atoms with Crippen molar-refractivity contribution in [1.82, 2.24) is 36.9 Å². The van der Waals surface area contributed by atoms with E-state index in [1.165, 1.54) is 55.5 Å². The number of phenolic OH excluding ortho intramolecular Hbond substituents is 1. The van der Waals surface area contributed by atoms with Crippen LogP contribution in [0.3, 0.4) is 0 Å². The molecule has 4 rings (SSSR count). The van der Waals surface area contributed by atoms with E-state index in [-0.39, 0.29) is 107 Å². The molecule has 0 unspecified atom stereocenters. The number of nitrogens with one attached hydrogen (secondary N) is 7. The van der Waals surface area contributed by atoms with Gasteiger partial charge in [-0.05, 0) is 85.5 Å². The molecule has 0 aliphatic heterocycles. The van der Waals surface area contributed by atoms with Gasteiger partial charge in [0.05, 0.1) is 5.56 Å². The average Bonchev–Trinajstić information content (AvgIpc) is 3.78. The number of H-pyrrole nitrogens is 1. The summed E-state index contributed by atoms with van der Waals surface area (Å²) in [6, 6.07) is 10.2. The molecule has 0 aliphatic carbocycles. The fourth-order valence-corrected chi connectivity index (χ4v) is 7.98. The first-order chi connectivity index (χ1) is 36.6. The summed E-state index contributed by atoms with van der Waals surface area (Å²) in [6.45, 7) is 1.46. The summed E-state index contributed by atoms with van der Waals surface area (Å²) in [5.74, 6) is -7.58. The summed E-state index contributed by atoms with van der Waals surface area (Å²) >= 11 is 0. The van der Waals surface area contributed by atoms with Gasteiger partial charge in [-0.25, -0.2) is 4.79 Å². The number of nitrogens with two attached hydrogens (primary N) is 7. The van der Waals surface area contributed by atoms with Crippen LogP contribution in [0.15, 0.2) is 94.0 Å². The maximum absolute atomic E-state index is 14.7. The van der Waals surface area contributed by atoms with E-state index in [0.29, 0.717) is 16.7 Å². The fraction of sp³-hybridized carbons (Fsp3) is 0.380. The molecule has 27 heteroatoms. The summed E-state index contributed by atoms with van der Waals surface area (Å²) in [6.07, 6.45) is 1.64. The van der Waals surface area contributed by atoms with Crippen molar-refractivity contribution in [3.63, 3.8) is 0 Å². The van der Waals surface area contributed by atoms with Crippen molar-refractivity contribution in [2.24, 2.45) is 55.1 Å². The SMILES string of the molecule is CC(=O)N[C@@H](CCCN=C(N)N)C(=O)N[C@@H](Cc1ccc(C(=O)O)cc1)C(=O)N[C@@H](Cc1ccc(O)cc1)C(=O)N[C@@H](CCCN=C(N)N)C(=O)N[C@@H](Cc1c[nH]c2ccccc12)C(=O)N[C@@H](CCCN=C(N)N)C(N)=O. The number of rotatable bonds is 31. The number of carboxylic acids is 1. The topological polar surface area (TPSA) is 484 Å². The number of hydrogen-bond donors (Lipinski definition) is 16. The summed E-state index contributed by atoms with van der Waals surface area (Å²) in [5.41, 5.74) is 40.7. The van der Waals surface area contributed by atoms with Gasteiger partial charge in [0.2, 0.25) is 41.4 Å². The van der Waals surface area contributed by atoms with Crippen LogP contribution in [0.4, 0.5) is 0 Å². The number of carboxylic acid groups (broad SMARTS) is 1. The number of amides is 7. The molecule has 3 aromatic carbocycles. The van der Waals surface area contributed by atoms with E-state index in [1.807, 2.05) is 18.2 Å². The quantitative estimate of drug-likeness (QED) is 0.0137. The number of aliphatic imine (C=N–C) groups is 3. The van der Waals surface area contributed by atoms with E-state index in [4.69, 9.17) is 40.1 Å². The molecule has 4 aromatic rings. The zero-order valence-corrected chi connectivity index (χ0v) is 42.5. The van der Waals surface area contributed by atoms with E-state index in [2.05, 4.69) is 51.9 Å². The molecule has 6 atom stereocenters. The molecule has 7 amide bonds. The minimum Gasteiger partial charge on any atom is -0.508 e. The highest BCUT2D eigenvalue weighted by Gasteiger charge is 2.34. The highest BCUT2D eigenvalue weighted by atomic mass is 16.4. The first kappa shape index (κ1) is 60.1. The maximum Gasteiger partial charge on any atom is 0.335 e. The number of hydrogen-bond acceptors (Lipinski definition) is 12. The van der Waals surface area contributed by atoms with Crippen LogP contribution in [0.2, 0.25) is 0 Å². The van der Waals surface area contributed by atoms with Crippen LogP contribution < -0.4 is 72.0 Å². The second-order valence-corrected chi connectivity index (χ2v) is 17.9. The lowest BCUT2D eigenvalue weighted by Gasteiger charge is -2.28. The van der Waals surface area contributed by atoms with E-state index >= 15 is 0 Å². The van der Waals surface area contributed by atoms with Gasteiger partial charge in [-0.15, -0.1) is 0 Å². The van der Waals surface area contributed by atoms with E-state index in [9.17, 15) is 48.6 Å². The second-order valence-electron chi connectivity index (χ2n) is 17.9. The average molecular weight is 1070 g/mol. The molecule has 0 spiro atoms. The molecule has 1 heterocycles. The Balaban J connectivity index is 1.72. The van der Waals surface area contributed by atoms with Crippen LogP contribution in [0.5, 0.6) is 5.75 Å². The number of guanidine groups is 3. The molecule has 77 heavy (non-hydrogen) atoms. The van der Waals surface area contributed by atoms with Crippen LogP contribution >= 0.6 is 0 Å². The first-order valence-corrected chi connectivity index (χ1v) is 24.5. The van der Waals surface area contributed by atoms with Crippen molar-refractivity contribution in [3.05, 3.63) is 101 Å². The molecule has 0 radical (unpaired) electrons. The molecule has 27 nitrogen and oxygen atoms in total. The van der Waals surface area contributed by atoms with Gasteiger partial charge in [-0.2, -0.15) is 0 Å². The fourth-order valence-electron chi connectivity index (χ4n) is 7.98. The van der Waals surface area contributed by atoms with Gasteiger partial charge >= 0.3 is 5.97 Å². The van der Waals surface area contributed by atoms with Crippen LogP contribution in [-0.4, -0.2) is 136 Å². The van der Waals surface area contributed by atoms with Gasteiger partial charge in [-0.3, -0.25) is 48.5 Å². The van der Waals surface area contributed by atoms with Crippen molar-refractivity contribution in [2.75, 3.05) is 19.6 Å². The van der Waals surface area contributed by atoms with Crippen molar-refractivity contribution < 1.29 is 48.6 Å². The Bertz CT molecular complexity index is 2770. The van der Waals surface area contributed by atoms with Crippen molar-refractivity contribution >= 4 is 76.1 Å². The Morgan fingerprint density at radius 3 is 1.34 bits per heavy atom. The Morgan fingerprint density at radius 2 is 0.896 bits per heavy atom. The maximum atomic E-state index is 14.7. The van der Waals surface area contributed by atoms with Crippen LogP contribution in [-0.2, 0) is 52.8 Å². The number of aromatic hydroxyl groups is 1. The number of aromatic amines is 1. The number of carbonyl (C=O) groups excluding carboxylic acids is 7. The molecule has 1 aromatic heterocycles. The lowest BCUT2D eigenvalue weighted by Crippen LogP contribution is -2.60.